The molecule has 19 heteroatoms. The largest absolute Gasteiger partial charge is 0.414 e. The van der Waals surface area contributed by atoms with Gasteiger partial charge in [0.1, 0.15) is 36.5 Å². The van der Waals surface area contributed by atoms with Crippen molar-refractivity contribution in [2.75, 3.05) is 13.7 Å². The molecule has 0 aromatic carbocycles. The van der Waals surface area contributed by atoms with Gasteiger partial charge in [-0.3, -0.25) is 4.79 Å². The quantitative estimate of drug-likeness (QED) is 0.0318. The molecule has 516 valence electrons. The van der Waals surface area contributed by atoms with Crippen LogP contribution >= 0.6 is 22.6 Å². The summed E-state index contributed by atoms with van der Waals surface area (Å²) in [4.78, 5) is 26.6. The Morgan fingerprint density at radius 2 is 1.18 bits per heavy atom. The molecule has 0 aliphatic carbocycles. The Bertz CT molecular complexity index is 2360. The summed E-state index contributed by atoms with van der Waals surface area (Å²) in [6.45, 7) is 69.2. The molecule has 0 radical (unpaired) electrons. The highest BCUT2D eigenvalue weighted by Crippen LogP contribution is 2.50. The molecule has 17 atom stereocenters. The third kappa shape index (κ3) is 20.5. The van der Waals surface area contributed by atoms with Crippen molar-refractivity contribution in [2.24, 2.45) is 11.8 Å². The molecule has 5 rings (SSSR count). The zero-order valence-corrected chi connectivity index (χ0v) is 68.5. The molecule has 0 spiro atoms. The lowest BCUT2D eigenvalue weighted by Gasteiger charge is -2.56. The molecule has 5 saturated heterocycles. The van der Waals surface area contributed by atoms with Gasteiger partial charge in [0, 0.05) is 45.1 Å². The molecule has 0 N–H and O–H groups in total. The van der Waals surface area contributed by atoms with Crippen molar-refractivity contribution >= 4 is 76.2 Å². The number of hydrogen-bond donors (Lipinski definition) is 0. The van der Waals surface area contributed by atoms with Crippen molar-refractivity contribution in [1.29, 1.82) is 0 Å². The number of halogens is 1. The molecular weight excluding hydrogens is 1320 g/mol. The number of rotatable bonds is 28. The Kier molecular flexibility index (Phi) is 27.5. The van der Waals surface area contributed by atoms with Crippen LogP contribution in [0.3, 0.4) is 0 Å². The highest BCUT2D eigenvalue weighted by Gasteiger charge is 2.59. The molecule has 13 nitrogen and oxygen atoms in total. The maximum absolute atomic E-state index is 15.4. The van der Waals surface area contributed by atoms with Crippen molar-refractivity contribution in [3.05, 3.63) is 34.5 Å². The summed E-state index contributed by atoms with van der Waals surface area (Å²) in [6, 6.07) is 0. The third-order valence-corrected chi connectivity index (χ3v) is 46.1. The van der Waals surface area contributed by atoms with Gasteiger partial charge in [0.15, 0.2) is 41.6 Å². The second-order valence-electron chi connectivity index (χ2n) is 35.2. The number of ether oxygens (including phenoxy) is 6. The Morgan fingerprint density at radius 3 is 1.72 bits per heavy atom. The van der Waals surface area contributed by atoms with Crippen LogP contribution in [0.25, 0.3) is 0 Å². The minimum absolute atomic E-state index is 0.0158. The van der Waals surface area contributed by atoms with Gasteiger partial charge in [0.05, 0.1) is 73.8 Å². The topological polar surface area (TPSA) is 136 Å². The van der Waals surface area contributed by atoms with Crippen LogP contribution in [0.5, 0.6) is 0 Å². The van der Waals surface area contributed by atoms with E-state index < -0.39 is 72.1 Å². The van der Waals surface area contributed by atoms with E-state index in [-0.39, 0.29) is 117 Å². The predicted octanol–water partition coefficient (Wildman–Crippen LogP) is 18.2. The van der Waals surface area contributed by atoms with Crippen LogP contribution in [0.15, 0.2) is 34.5 Å². The van der Waals surface area contributed by atoms with Crippen molar-refractivity contribution in [1.82, 2.24) is 0 Å². The molecule has 0 aromatic rings. The molecule has 0 saturated carbocycles. The molecule has 0 bridgehead atoms. The van der Waals surface area contributed by atoms with Crippen LogP contribution < -0.4 is 0 Å². The summed E-state index contributed by atoms with van der Waals surface area (Å²) < 4.78 is 81.7. The van der Waals surface area contributed by atoms with Crippen LogP contribution in [-0.4, -0.2) is 159 Å². The van der Waals surface area contributed by atoms with E-state index in [0.717, 1.165) is 49.5 Å². The number of carbonyl (C=O) groups excluding carboxylic acids is 2. The third-order valence-electron chi connectivity index (χ3n) is 23.2. The van der Waals surface area contributed by atoms with E-state index in [1.807, 2.05) is 0 Å². The molecule has 10 unspecified atom stereocenters. The van der Waals surface area contributed by atoms with Crippen molar-refractivity contribution < 1.29 is 60.1 Å². The molecule has 0 amide bonds. The zero-order chi connectivity index (χ0) is 67.6. The first-order chi connectivity index (χ1) is 40.5. The summed E-state index contributed by atoms with van der Waals surface area (Å²) in [5.41, 5.74) is 2.15. The van der Waals surface area contributed by atoms with Crippen molar-refractivity contribution in [3.63, 3.8) is 0 Å². The second kappa shape index (κ2) is 30.8. The maximum atomic E-state index is 15.4. The number of aldehydes is 1. The number of hydrogen-bond acceptors (Lipinski definition) is 13. The van der Waals surface area contributed by atoms with Crippen LogP contribution in [0.2, 0.25) is 90.7 Å². The molecule has 5 aliphatic rings. The van der Waals surface area contributed by atoms with Gasteiger partial charge in [0.25, 0.3) is 0 Å². The van der Waals surface area contributed by atoms with E-state index in [0.29, 0.717) is 38.7 Å². The van der Waals surface area contributed by atoms with E-state index in [1.165, 1.54) is 0 Å². The van der Waals surface area contributed by atoms with Gasteiger partial charge in [-0.2, -0.15) is 0 Å². The smallest absolute Gasteiger partial charge is 0.193 e. The fraction of sp³-hybridized carbons (Fsp3) is 0.886. The van der Waals surface area contributed by atoms with Gasteiger partial charge < -0.3 is 55.3 Å². The summed E-state index contributed by atoms with van der Waals surface area (Å²) in [6.07, 6.45) is 5.88. The lowest BCUT2D eigenvalue weighted by Crippen LogP contribution is -2.69. The summed E-state index contributed by atoms with van der Waals surface area (Å²) >= 11 is 2.32. The SMILES string of the molecule is C=C1C(C[C@@H]2OC(CC(CO[Si](C)(C)C(C)(C)C)O[Si](C)(C)C(C)(C)C)[C@H](OC)C2CC(=O)CC2CC[C@@H]3OC(C(/C=C/I)O[Si](C)(C)C(C)(C)C)C(O[Si](C)(C)C(C)(C)C)C(O[Si](C)(C)C(C)(C)C)[C@H]3O2)O[C@@H](CC[C@@H]2OC(CCC=O)CC2=C)C[C@H]1C. The number of carbonyl (C=O) groups is 2. The minimum Gasteiger partial charge on any atom is -0.414 e. The van der Waals surface area contributed by atoms with Crippen LogP contribution in [0.1, 0.15) is 188 Å². The fourth-order valence-electron chi connectivity index (χ4n) is 12.2. The Morgan fingerprint density at radius 1 is 0.629 bits per heavy atom. The maximum Gasteiger partial charge on any atom is 0.193 e. The minimum atomic E-state index is -2.50. The number of ketones is 1. The van der Waals surface area contributed by atoms with E-state index in [2.05, 4.69) is 222 Å². The molecule has 89 heavy (non-hydrogen) atoms. The Hall–Kier alpha value is -0.0656. The number of Topliss-reactive ketones (excluding diaryl/α,β-unsaturated/α-hetero) is 1. The predicted molar refractivity (Wildman–Crippen MR) is 386 cm³/mol. The van der Waals surface area contributed by atoms with Gasteiger partial charge >= 0.3 is 0 Å². The lowest BCUT2D eigenvalue weighted by molar-refractivity contribution is -0.266. The average Bonchev–Trinajstić information content (AvgIpc) is 1.21. The zero-order valence-electron chi connectivity index (χ0n) is 61.3. The number of fused-ring (bicyclic) bond motifs is 1. The average molecular weight is 1450 g/mol. The van der Waals surface area contributed by atoms with E-state index in [1.54, 1.807) is 7.11 Å². The molecular formula is C70H131IO13Si5. The molecule has 5 heterocycles. The highest BCUT2D eigenvalue weighted by atomic mass is 127. The van der Waals surface area contributed by atoms with Crippen molar-refractivity contribution in [2.45, 2.75) is 370 Å². The highest BCUT2D eigenvalue weighted by molar-refractivity contribution is 14.1. The van der Waals surface area contributed by atoms with Gasteiger partial charge in [-0.25, -0.2) is 0 Å². The van der Waals surface area contributed by atoms with Gasteiger partial charge in [-0.05, 0) is 163 Å². The lowest BCUT2D eigenvalue weighted by atomic mass is 9.81. The van der Waals surface area contributed by atoms with E-state index in [9.17, 15) is 4.79 Å². The fourth-order valence-corrected chi connectivity index (χ4v) is 18.8. The van der Waals surface area contributed by atoms with Gasteiger partial charge in [-0.15, -0.1) is 0 Å². The Labute approximate surface area is 562 Å². The standard InChI is InChI=1S/C70H131IO13Si5/c1-46-39-51(32-34-55-47(2)40-50(76-55)31-30-38-72)77-58(48(46)3)44-59-54(61(74-19)60(79-59)43-53(81-86(22,23)67(7,8)9)45-75-85(20,21)66(4,5)6)42-49(73)41-52-33-35-56-62(78-52)64(83-88(26,27)69(13,14)15)65(84-89(28,29)70(16,17)18)63(80-56)57(36-37-71)82-87(24,25)68(10,11)12/h36-38,46,50-65H,2-3,30-35,39-45H2,1,4-29H3/b37-36+/t46-,50?,51+,52?,53?,54?,55+,56+,57?,58?,59+,60?,61-,62+,63?,64?,65?/m1/s1. The van der Waals surface area contributed by atoms with Crippen molar-refractivity contribution in [3.8, 4) is 0 Å². The number of methoxy groups -OCH3 is 1. The first-order valence-corrected chi connectivity index (χ1v) is 50.0. The summed E-state index contributed by atoms with van der Waals surface area (Å²) in [7, 11) is -10.0. The first-order valence-electron chi connectivity index (χ1n) is 34.2. The molecule has 5 fully saturated rings. The monoisotopic (exact) mass is 1450 g/mol. The molecule has 5 aliphatic heterocycles. The van der Waals surface area contributed by atoms with Gasteiger partial charge in [0.2, 0.25) is 0 Å². The van der Waals surface area contributed by atoms with Crippen LogP contribution in [0, 0.1) is 11.8 Å². The van der Waals surface area contributed by atoms with Gasteiger partial charge in [-0.1, -0.05) is 147 Å². The molecule has 0 aromatic heterocycles. The summed E-state index contributed by atoms with van der Waals surface area (Å²) in [5, 5.41) is -0.270. The van der Waals surface area contributed by atoms with E-state index >= 15 is 4.79 Å². The van der Waals surface area contributed by atoms with E-state index in [4.69, 9.17) is 50.6 Å². The Balaban J connectivity index is 1.51. The first kappa shape index (κ1) is 79.6. The normalized spacial score (nSPS) is 31.8. The summed E-state index contributed by atoms with van der Waals surface area (Å²) in [5.74, 6) is 0.0514. The van der Waals surface area contributed by atoms with Crippen LogP contribution in [-0.2, 0) is 60.1 Å². The van der Waals surface area contributed by atoms with Crippen LogP contribution in [0.4, 0.5) is 0 Å². The second-order valence-corrected chi connectivity index (χ2v) is 59.8.